The number of carbonyl (C=O) groups is 2. The lowest BCUT2D eigenvalue weighted by Gasteiger charge is -2.28. The Kier molecular flexibility index (Phi) is 3.25. The molecule has 1 aromatic rings. The number of carbonyl (C=O) groups excluding carboxylic acids is 2. The molecule has 0 radical (unpaired) electrons. The third-order valence-corrected chi connectivity index (χ3v) is 4.84. The fourth-order valence-electron chi connectivity index (χ4n) is 3.85. The van der Waals surface area contributed by atoms with E-state index in [0.717, 1.165) is 0 Å². The maximum atomic E-state index is 12.6. The van der Waals surface area contributed by atoms with Gasteiger partial charge >= 0.3 is 0 Å². The number of allylic oxidation sites excluding steroid dienone is 2. The third kappa shape index (κ3) is 2.34. The zero-order chi connectivity index (χ0) is 16.0. The molecule has 4 atom stereocenters. The highest BCUT2D eigenvalue weighted by atomic mass is 16.6. The second-order valence-electron chi connectivity index (χ2n) is 6.17. The molecule has 2 bridgehead atoms. The average Bonchev–Trinajstić information content (AvgIpc) is 3.15. The standard InChI is InChI=1S/C17H17NO5/c19-16(14-9-1-2-10(7-9)15(14)17(20)21)18-11-3-4-12-13(8-11)23-6-5-22-12/h1-4,8-10,14-15H,5-7H2,(H,18,19)(H,20,21)/p-1. The molecule has 1 heterocycles. The van der Waals surface area contributed by atoms with Crippen LogP contribution < -0.4 is 19.9 Å². The second-order valence-corrected chi connectivity index (χ2v) is 6.17. The van der Waals surface area contributed by atoms with Gasteiger partial charge in [-0.3, -0.25) is 4.79 Å². The fraction of sp³-hybridized carbons (Fsp3) is 0.412. The molecule has 2 aliphatic carbocycles. The average molecular weight is 314 g/mol. The van der Waals surface area contributed by atoms with Crippen LogP contribution in [0, 0.1) is 23.7 Å². The Morgan fingerprint density at radius 1 is 1.04 bits per heavy atom. The Morgan fingerprint density at radius 2 is 1.74 bits per heavy atom. The molecule has 4 rings (SSSR count). The van der Waals surface area contributed by atoms with Crippen molar-refractivity contribution in [3.05, 3.63) is 30.4 Å². The smallest absolute Gasteiger partial charge is 0.228 e. The van der Waals surface area contributed by atoms with Crippen LogP contribution in [-0.4, -0.2) is 25.1 Å². The van der Waals surface area contributed by atoms with E-state index in [1.807, 2.05) is 12.2 Å². The number of carboxylic acids is 1. The highest BCUT2D eigenvalue weighted by molar-refractivity contribution is 5.96. The molecule has 1 aliphatic heterocycles. The zero-order valence-corrected chi connectivity index (χ0v) is 12.4. The Labute approximate surface area is 133 Å². The van der Waals surface area contributed by atoms with Gasteiger partial charge in [0.1, 0.15) is 13.2 Å². The minimum absolute atomic E-state index is 0.0277. The third-order valence-electron chi connectivity index (χ3n) is 4.84. The predicted molar refractivity (Wildman–Crippen MR) is 78.8 cm³/mol. The van der Waals surface area contributed by atoms with Gasteiger partial charge in [0.15, 0.2) is 11.5 Å². The van der Waals surface area contributed by atoms with Crippen molar-refractivity contribution in [2.75, 3.05) is 18.5 Å². The number of ether oxygens (including phenoxy) is 2. The van der Waals surface area contributed by atoms with Gasteiger partial charge in [0, 0.05) is 23.6 Å². The lowest BCUT2D eigenvalue weighted by atomic mass is 9.82. The molecule has 120 valence electrons. The first-order chi connectivity index (χ1) is 11.1. The molecule has 0 saturated heterocycles. The normalized spacial score (nSPS) is 30.3. The topological polar surface area (TPSA) is 87.7 Å². The second kappa shape index (κ2) is 5.30. The minimum Gasteiger partial charge on any atom is -0.550 e. The summed E-state index contributed by atoms with van der Waals surface area (Å²) in [5, 5.41) is 14.2. The summed E-state index contributed by atoms with van der Waals surface area (Å²) >= 11 is 0. The van der Waals surface area contributed by atoms with E-state index in [9.17, 15) is 14.7 Å². The summed E-state index contributed by atoms with van der Waals surface area (Å²) in [7, 11) is 0. The van der Waals surface area contributed by atoms with Crippen LogP contribution in [0.25, 0.3) is 0 Å². The van der Waals surface area contributed by atoms with E-state index in [1.165, 1.54) is 0 Å². The van der Waals surface area contributed by atoms with Gasteiger partial charge in [-0.25, -0.2) is 0 Å². The zero-order valence-electron chi connectivity index (χ0n) is 12.4. The molecule has 1 fully saturated rings. The van der Waals surface area contributed by atoms with Crippen LogP contribution in [0.2, 0.25) is 0 Å². The number of hydrogen-bond donors (Lipinski definition) is 1. The van der Waals surface area contributed by atoms with Crippen molar-refractivity contribution < 1.29 is 24.2 Å². The van der Waals surface area contributed by atoms with E-state index in [4.69, 9.17) is 9.47 Å². The highest BCUT2D eigenvalue weighted by Gasteiger charge is 2.48. The molecule has 6 nitrogen and oxygen atoms in total. The Morgan fingerprint density at radius 3 is 2.48 bits per heavy atom. The van der Waals surface area contributed by atoms with E-state index < -0.39 is 17.8 Å². The van der Waals surface area contributed by atoms with Gasteiger partial charge in [0.05, 0.1) is 5.92 Å². The van der Waals surface area contributed by atoms with E-state index in [-0.39, 0.29) is 17.7 Å². The van der Waals surface area contributed by atoms with Crippen molar-refractivity contribution in [1.29, 1.82) is 0 Å². The van der Waals surface area contributed by atoms with Crippen molar-refractivity contribution in [1.82, 2.24) is 0 Å². The van der Waals surface area contributed by atoms with Crippen molar-refractivity contribution in [2.45, 2.75) is 6.42 Å². The van der Waals surface area contributed by atoms with Gasteiger partial charge in [0.25, 0.3) is 0 Å². The number of amides is 1. The number of nitrogens with one attached hydrogen (secondary N) is 1. The Bertz CT molecular complexity index is 698. The summed E-state index contributed by atoms with van der Waals surface area (Å²) in [6.45, 7) is 0.970. The van der Waals surface area contributed by atoms with Gasteiger partial charge in [-0.2, -0.15) is 0 Å². The van der Waals surface area contributed by atoms with Gasteiger partial charge < -0.3 is 24.7 Å². The first kappa shape index (κ1) is 14.1. The molecule has 1 N–H and O–H groups in total. The summed E-state index contributed by atoms with van der Waals surface area (Å²) in [5.74, 6) is -1.66. The molecule has 3 aliphatic rings. The summed E-state index contributed by atoms with van der Waals surface area (Å²) in [6.07, 6.45) is 4.54. The van der Waals surface area contributed by atoms with Crippen LogP contribution in [0.1, 0.15) is 6.42 Å². The number of fused-ring (bicyclic) bond motifs is 3. The SMILES string of the molecule is O=C([O-])C1C2C=CC(C2)C1C(=O)Nc1ccc2c(c1)OCCO2. The molecule has 1 amide bonds. The molecule has 4 unspecified atom stereocenters. The maximum absolute atomic E-state index is 12.6. The molecule has 1 saturated carbocycles. The lowest BCUT2D eigenvalue weighted by Crippen LogP contribution is -2.42. The van der Waals surface area contributed by atoms with Crippen LogP contribution in [0.15, 0.2) is 30.4 Å². The maximum Gasteiger partial charge on any atom is 0.228 e. The van der Waals surface area contributed by atoms with Crippen LogP contribution >= 0.6 is 0 Å². The van der Waals surface area contributed by atoms with Crippen LogP contribution in [0.5, 0.6) is 11.5 Å². The van der Waals surface area contributed by atoms with E-state index in [2.05, 4.69) is 5.32 Å². The largest absolute Gasteiger partial charge is 0.550 e. The molecule has 0 spiro atoms. The van der Waals surface area contributed by atoms with E-state index in [0.29, 0.717) is 36.8 Å². The first-order valence-electron chi connectivity index (χ1n) is 7.73. The number of carboxylic acid groups (broad SMARTS) is 1. The monoisotopic (exact) mass is 314 g/mol. The molecule has 1 aromatic carbocycles. The minimum atomic E-state index is -1.15. The Balaban J connectivity index is 1.54. The number of aliphatic carboxylic acids is 1. The van der Waals surface area contributed by atoms with E-state index in [1.54, 1.807) is 18.2 Å². The number of benzene rings is 1. The van der Waals surface area contributed by atoms with Crippen LogP contribution in [0.3, 0.4) is 0 Å². The van der Waals surface area contributed by atoms with Crippen LogP contribution in [-0.2, 0) is 9.59 Å². The quantitative estimate of drug-likeness (QED) is 0.825. The van der Waals surface area contributed by atoms with Gasteiger partial charge in [-0.15, -0.1) is 0 Å². The van der Waals surface area contributed by atoms with Crippen LogP contribution in [0.4, 0.5) is 5.69 Å². The van der Waals surface area contributed by atoms with Gasteiger partial charge in [0.2, 0.25) is 5.91 Å². The van der Waals surface area contributed by atoms with Crippen molar-refractivity contribution in [2.24, 2.45) is 23.7 Å². The molecule has 0 aromatic heterocycles. The molecular weight excluding hydrogens is 298 g/mol. The predicted octanol–water partition coefficient (Wildman–Crippen LogP) is 0.584. The first-order valence-corrected chi connectivity index (χ1v) is 7.73. The summed E-state index contributed by atoms with van der Waals surface area (Å²) < 4.78 is 10.9. The molecular formula is C17H16NO5-. The van der Waals surface area contributed by atoms with E-state index >= 15 is 0 Å². The summed E-state index contributed by atoms with van der Waals surface area (Å²) in [4.78, 5) is 24.0. The van der Waals surface area contributed by atoms with Gasteiger partial charge in [-0.05, 0) is 30.4 Å². The molecule has 6 heteroatoms. The number of rotatable bonds is 3. The highest BCUT2D eigenvalue weighted by Crippen LogP contribution is 2.48. The number of hydrogen-bond acceptors (Lipinski definition) is 5. The van der Waals surface area contributed by atoms with Gasteiger partial charge in [-0.1, -0.05) is 12.2 Å². The fourth-order valence-corrected chi connectivity index (χ4v) is 3.85. The molecule has 23 heavy (non-hydrogen) atoms. The van der Waals surface area contributed by atoms with Crippen molar-refractivity contribution in [3.63, 3.8) is 0 Å². The Hall–Kier alpha value is -2.50. The lowest BCUT2D eigenvalue weighted by molar-refractivity contribution is -0.313. The van der Waals surface area contributed by atoms with Crippen molar-refractivity contribution in [3.8, 4) is 11.5 Å². The summed E-state index contributed by atoms with van der Waals surface area (Å²) in [5.41, 5.74) is 0.572. The number of anilines is 1. The summed E-state index contributed by atoms with van der Waals surface area (Å²) in [6, 6.07) is 5.16. The van der Waals surface area contributed by atoms with Crippen molar-refractivity contribution >= 4 is 17.6 Å².